The number of aliphatic hydroxyl groups excluding tert-OH is 3. The molecule has 8 atom stereocenters. The van der Waals surface area contributed by atoms with Gasteiger partial charge in [0.1, 0.15) is 0 Å². The standard InChI is InChI=1S/C20H32O3/c1-11-12-5-6-15-19(4)9-13(21)8-18(2,3)16(19)14(22)10-20(15,7-12)17(11)23/h12-17,21-23H,1,5-10H2,2-4H3/t12?,13?,14?,15?,16?,17?,19-,20-/m0/s1. The highest BCUT2D eigenvalue weighted by Crippen LogP contribution is 2.71. The Hall–Kier alpha value is -0.380. The molecule has 3 heteroatoms. The molecule has 4 saturated carbocycles. The van der Waals surface area contributed by atoms with Gasteiger partial charge in [0.05, 0.1) is 18.3 Å². The smallest absolute Gasteiger partial charge is 0.0810 e. The van der Waals surface area contributed by atoms with Gasteiger partial charge in [0.25, 0.3) is 0 Å². The lowest BCUT2D eigenvalue weighted by Gasteiger charge is -2.66. The Balaban J connectivity index is 1.83. The third-order valence-corrected chi connectivity index (χ3v) is 8.30. The van der Waals surface area contributed by atoms with Crippen molar-refractivity contribution in [1.29, 1.82) is 0 Å². The van der Waals surface area contributed by atoms with Crippen molar-refractivity contribution in [1.82, 2.24) is 0 Å². The summed E-state index contributed by atoms with van der Waals surface area (Å²) >= 11 is 0. The van der Waals surface area contributed by atoms with Crippen LogP contribution >= 0.6 is 0 Å². The van der Waals surface area contributed by atoms with Gasteiger partial charge in [-0.3, -0.25) is 0 Å². The lowest BCUT2D eigenvalue weighted by molar-refractivity contribution is -0.229. The second-order valence-electron chi connectivity index (χ2n) is 10.0. The fourth-order valence-electron chi connectivity index (χ4n) is 8.05. The number of hydrogen-bond acceptors (Lipinski definition) is 3. The zero-order chi connectivity index (χ0) is 16.8. The second kappa shape index (κ2) is 4.62. The van der Waals surface area contributed by atoms with Gasteiger partial charge in [-0.15, -0.1) is 0 Å². The van der Waals surface area contributed by atoms with Crippen LogP contribution in [0.4, 0.5) is 0 Å². The molecule has 130 valence electrons. The van der Waals surface area contributed by atoms with Gasteiger partial charge in [-0.1, -0.05) is 27.4 Å². The van der Waals surface area contributed by atoms with E-state index in [0.29, 0.717) is 18.3 Å². The van der Waals surface area contributed by atoms with Crippen LogP contribution in [0.25, 0.3) is 0 Å². The van der Waals surface area contributed by atoms with Crippen molar-refractivity contribution in [3.8, 4) is 0 Å². The molecular formula is C20H32O3. The first kappa shape index (κ1) is 16.1. The van der Waals surface area contributed by atoms with E-state index in [-0.39, 0.29) is 28.3 Å². The molecule has 3 nitrogen and oxygen atoms in total. The van der Waals surface area contributed by atoms with Crippen LogP contribution in [0, 0.1) is 34.0 Å². The summed E-state index contributed by atoms with van der Waals surface area (Å²) in [5.74, 6) is 1.00. The van der Waals surface area contributed by atoms with Gasteiger partial charge < -0.3 is 15.3 Å². The molecule has 4 aliphatic carbocycles. The zero-order valence-corrected chi connectivity index (χ0v) is 14.8. The number of rotatable bonds is 0. The average Bonchev–Trinajstić information content (AvgIpc) is 2.57. The third kappa shape index (κ3) is 1.88. The molecule has 4 aliphatic rings. The molecule has 1 spiro atoms. The molecule has 0 saturated heterocycles. The van der Waals surface area contributed by atoms with Crippen molar-refractivity contribution in [3.05, 3.63) is 12.2 Å². The van der Waals surface area contributed by atoms with Gasteiger partial charge in [-0.25, -0.2) is 0 Å². The molecule has 4 fully saturated rings. The van der Waals surface area contributed by atoms with Crippen LogP contribution in [-0.4, -0.2) is 33.6 Å². The lowest BCUT2D eigenvalue weighted by Crippen LogP contribution is -2.64. The minimum Gasteiger partial charge on any atom is -0.393 e. The van der Waals surface area contributed by atoms with Crippen LogP contribution in [0.3, 0.4) is 0 Å². The fourth-order valence-corrected chi connectivity index (χ4v) is 8.05. The van der Waals surface area contributed by atoms with Gasteiger partial charge in [-0.2, -0.15) is 0 Å². The maximum atomic E-state index is 11.1. The SMILES string of the molecule is C=C1C2CCC3[C@]4(C)CC(O)CC(C)(C)C4C(O)C[C@]3(C2)C1O. The molecule has 4 rings (SSSR count). The van der Waals surface area contributed by atoms with Gasteiger partial charge in [0.15, 0.2) is 0 Å². The highest BCUT2D eigenvalue weighted by Gasteiger charge is 2.69. The predicted octanol–water partition coefficient (Wildman–Crippen LogP) is 2.89. The summed E-state index contributed by atoms with van der Waals surface area (Å²) in [4.78, 5) is 0. The predicted molar refractivity (Wildman–Crippen MR) is 89.7 cm³/mol. The Kier molecular flexibility index (Phi) is 3.23. The summed E-state index contributed by atoms with van der Waals surface area (Å²) in [6.07, 6.45) is 4.25. The van der Waals surface area contributed by atoms with E-state index in [1.54, 1.807) is 0 Å². The molecule has 23 heavy (non-hydrogen) atoms. The first-order chi connectivity index (χ1) is 10.6. The third-order valence-electron chi connectivity index (χ3n) is 8.30. The maximum Gasteiger partial charge on any atom is 0.0810 e. The monoisotopic (exact) mass is 320 g/mol. The summed E-state index contributed by atoms with van der Waals surface area (Å²) < 4.78 is 0. The Labute approximate surface area is 139 Å². The second-order valence-corrected chi connectivity index (χ2v) is 10.0. The normalized spacial score (nSPS) is 57.7. The van der Waals surface area contributed by atoms with Crippen molar-refractivity contribution in [2.75, 3.05) is 0 Å². The minimum absolute atomic E-state index is 0.0646. The van der Waals surface area contributed by atoms with Gasteiger partial charge >= 0.3 is 0 Å². The summed E-state index contributed by atoms with van der Waals surface area (Å²) in [7, 11) is 0. The topological polar surface area (TPSA) is 60.7 Å². The van der Waals surface area contributed by atoms with Gasteiger partial charge in [-0.05, 0) is 72.7 Å². The van der Waals surface area contributed by atoms with Gasteiger partial charge in [0, 0.05) is 5.41 Å². The van der Waals surface area contributed by atoms with Gasteiger partial charge in [0.2, 0.25) is 0 Å². The van der Waals surface area contributed by atoms with Crippen molar-refractivity contribution >= 4 is 0 Å². The molecule has 0 aromatic heterocycles. The Morgan fingerprint density at radius 2 is 1.65 bits per heavy atom. The molecule has 0 aliphatic heterocycles. The average molecular weight is 320 g/mol. The number of aliphatic hydroxyl groups is 3. The van der Waals surface area contributed by atoms with Crippen molar-refractivity contribution in [2.24, 2.45) is 34.0 Å². The quantitative estimate of drug-likeness (QED) is 0.602. The van der Waals surface area contributed by atoms with Crippen molar-refractivity contribution in [2.45, 2.75) is 77.6 Å². The van der Waals surface area contributed by atoms with E-state index in [0.717, 1.165) is 37.7 Å². The fraction of sp³-hybridized carbons (Fsp3) is 0.900. The van der Waals surface area contributed by atoms with E-state index >= 15 is 0 Å². The van der Waals surface area contributed by atoms with Crippen LogP contribution in [0.15, 0.2) is 12.2 Å². The molecule has 3 N–H and O–H groups in total. The molecule has 0 aromatic carbocycles. The number of hydrogen-bond donors (Lipinski definition) is 3. The highest BCUT2D eigenvalue weighted by atomic mass is 16.3. The Morgan fingerprint density at radius 3 is 2.35 bits per heavy atom. The van der Waals surface area contributed by atoms with E-state index in [9.17, 15) is 15.3 Å². The molecule has 0 aromatic rings. The lowest BCUT2D eigenvalue weighted by atomic mass is 9.40. The molecular weight excluding hydrogens is 288 g/mol. The van der Waals surface area contributed by atoms with E-state index in [1.807, 2.05) is 0 Å². The van der Waals surface area contributed by atoms with Crippen LogP contribution in [0.2, 0.25) is 0 Å². The minimum atomic E-state index is -0.477. The van der Waals surface area contributed by atoms with E-state index in [1.165, 1.54) is 0 Å². The Morgan fingerprint density at radius 1 is 0.957 bits per heavy atom. The first-order valence-corrected chi connectivity index (χ1v) is 9.35. The molecule has 6 unspecified atom stereocenters. The van der Waals surface area contributed by atoms with E-state index < -0.39 is 12.2 Å². The maximum absolute atomic E-state index is 11.1. The largest absolute Gasteiger partial charge is 0.393 e. The van der Waals surface area contributed by atoms with Crippen LogP contribution in [0.1, 0.15) is 59.3 Å². The molecule has 0 amide bonds. The zero-order valence-electron chi connectivity index (χ0n) is 14.8. The number of fused-ring (bicyclic) bond motifs is 3. The summed E-state index contributed by atoms with van der Waals surface area (Å²) in [5.41, 5.74) is 0.621. The summed E-state index contributed by atoms with van der Waals surface area (Å²) in [5, 5.41) is 32.7. The highest BCUT2D eigenvalue weighted by molar-refractivity contribution is 5.28. The van der Waals surface area contributed by atoms with Crippen LogP contribution in [-0.2, 0) is 0 Å². The van der Waals surface area contributed by atoms with E-state index in [2.05, 4.69) is 27.4 Å². The summed E-state index contributed by atoms with van der Waals surface area (Å²) in [6, 6.07) is 0. The van der Waals surface area contributed by atoms with E-state index in [4.69, 9.17) is 0 Å². The van der Waals surface area contributed by atoms with Crippen LogP contribution < -0.4 is 0 Å². The molecule has 0 heterocycles. The van der Waals surface area contributed by atoms with Crippen molar-refractivity contribution in [3.63, 3.8) is 0 Å². The summed E-state index contributed by atoms with van der Waals surface area (Å²) in [6.45, 7) is 10.9. The molecule has 2 bridgehead atoms. The first-order valence-electron chi connectivity index (χ1n) is 9.35. The Bertz CT molecular complexity index is 541. The van der Waals surface area contributed by atoms with Crippen molar-refractivity contribution < 1.29 is 15.3 Å². The van der Waals surface area contributed by atoms with Crippen LogP contribution in [0.5, 0.6) is 0 Å². The molecule has 0 radical (unpaired) electrons.